The van der Waals surface area contributed by atoms with Crippen LogP contribution in [0.5, 0.6) is 0 Å². The summed E-state index contributed by atoms with van der Waals surface area (Å²) in [6, 6.07) is 4.45. The van der Waals surface area contributed by atoms with Crippen molar-refractivity contribution in [1.29, 1.82) is 0 Å². The quantitative estimate of drug-likeness (QED) is 0.527. The number of halogens is 1. The van der Waals surface area contributed by atoms with Gasteiger partial charge >= 0.3 is 0 Å². The number of hydrogen-bond acceptors (Lipinski definition) is 1. The molecule has 0 atom stereocenters. The molecule has 10 heavy (non-hydrogen) atoms. The van der Waals surface area contributed by atoms with E-state index in [2.05, 4.69) is 11.7 Å². The van der Waals surface area contributed by atoms with Crippen LogP contribution in [0.4, 0.5) is 10.1 Å². The van der Waals surface area contributed by atoms with Gasteiger partial charge in [-0.2, -0.15) is 0 Å². The minimum atomic E-state index is -0.270. The summed E-state index contributed by atoms with van der Waals surface area (Å²) in [6.07, 6.45) is 0. The molecule has 0 unspecified atom stereocenters. The first-order valence-corrected chi connectivity index (χ1v) is 2.97. The number of benzene rings is 1. The molecule has 0 heterocycles. The first-order chi connectivity index (χ1) is 4.74. The van der Waals surface area contributed by atoms with Gasteiger partial charge in [0.05, 0.1) is 5.69 Å². The fraction of sp³-hybridized carbons (Fsp3) is 0.125. The first kappa shape index (κ1) is 6.93. The van der Waals surface area contributed by atoms with Gasteiger partial charge in [-0.25, -0.2) is 4.39 Å². The molecule has 0 saturated carbocycles. The van der Waals surface area contributed by atoms with Crippen LogP contribution in [0, 0.1) is 12.7 Å². The lowest BCUT2D eigenvalue weighted by molar-refractivity contribution is 0.628. The second-order valence-corrected chi connectivity index (χ2v) is 2.09. The Morgan fingerprint density at radius 3 is 2.70 bits per heavy atom. The van der Waals surface area contributed by atoms with Gasteiger partial charge in [-0.15, -0.1) is 0 Å². The van der Waals surface area contributed by atoms with Gasteiger partial charge in [-0.1, -0.05) is 6.07 Å². The third-order valence-corrected chi connectivity index (χ3v) is 1.34. The van der Waals surface area contributed by atoms with Crippen LogP contribution in [-0.2, 0) is 0 Å². The molecule has 1 nitrogen and oxygen atoms in total. The van der Waals surface area contributed by atoms with E-state index in [1.165, 1.54) is 12.1 Å². The van der Waals surface area contributed by atoms with Crippen LogP contribution in [0.1, 0.15) is 5.56 Å². The standard InChI is InChI=1S/C8H8FN/c1-6-3-4-7(9)5-8(6)10-2/h3-5H,2H2,1H3. The molecule has 0 spiro atoms. The Kier molecular flexibility index (Phi) is 1.81. The van der Waals surface area contributed by atoms with Crippen LogP contribution in [0.25, 0.3) is 0 Å². The zero-order valence-electron chi connectivity index (χ0n) is 5.76. The van der Waals surface area contributed by atoms with E-state index in [-0.39, 0.29) is 5.82 Å². The van der Waals surface area contributed by atoms with Crippen LogP contribution >= 0.6 is 0 Å². The van der Waals surface area contributed by atoms with Crippen molar-refractivity contribution in [2.24, 2.45) is 4.99 Å². The lowest BCUT2D eigenvalue weighted by atomic mass is 10.2. The molecule has 1 rings (SSSR count). The molecule has 0 radical (unpaired) electrons. The van der Waals surface area contributed by atoms with Crippen LogP contribution in [0.2, 0.25) is 0 Å². The zero-order chi connectivity index (χ0) is 7.56. The van der Waals surface area contributed by atoms with Gasteiger partial charge in [0.15, 0.2) is 0 Å². The molecule has 1 aromatic rings. The summed E-state index contributed by atoms with van der Waals surface area (Å²) in [5.74, 6) is -0.270. The summed E-state index contributed by atoms with van der Waals surface area (Å²) < 4.78 is 12.4. The molecule has 0 amide bonds. The van der Waals surface area contributed by atoms with Crippen molar-refractivity contribution in [1.82, 2.24) is 0 Å². The third kappa shape index (κ3) is 1.21. The second kappa shape index (κ2) is 2.60. The monoisotopic (exact) mass is 137 g/mol. The predicted molar refractivity (Wildman–Crippen MR) is 40.3 cm³/mol. The van der Waals surface area contributed by atoms with Crippen LogP contribution < -0.4 is 0 Å². The average molecular weight is 137 g/mol. The molecular weight excluding hydrogens is 129 g/mol. The number of nitrogens with zero attached hydrogens (tertiary/aromatic N) is 1. The summed E-state index contributed by atoms with van der Waals surface area (Å²) in [5.41, 5.74) is 1.55. The zero-order valence-corrected chi connectivity index (χ0v) is 5.76. The van der Waals surface area contributed by atoms with Gasteiger partial charge < -0.3 is 0 Å². The number of aliphatic imine (C=N–C) groups is 1. The molecule has 0 N–H and O–H groups in total. The smallest absolute Gasteiger partial charge is 0.125 e. The SMILES string of the molecule is C=Nc1cc(F)ccc1C. The largest absolute Gasteiger partial charge is 0.264 e. The second-order valence-electron chi connectivity index (χ2n) is 2.09. The number of hydrogen-bond donors (Lipinski definition) is 0. The van der Waals surface area contributed by atoms with Gasteiger partial charge in [-0.05, 0) is 31.3 Å². The molecule has 0 aliphatic rings. The topological polar surface area (TPSA) is 12.4 Å². The summed E-state index contributed by atoms with van der Waals surface area (Å²) in [6.45, 7) is 5.18. The highest BCUT2D eigenvalue weighted by atomic mass is 19.1. The van der Waals surface area contributed by atoms with Crippen molar-refractivity contribution in [3.05, 3.63) is 29.6 Å². The van der Waals surface area contributed by atoms with Crippen molar-refractivity contribution in [2.45, 2.75) is 6.92 Å². The fourth-order valence-electron chi connectivity index (χ4n) is 0.753. The van der Waals surface area contributed by atoms with E-state index in [1.807, 2.05) is 6.92 Å². The van der Waals surface area contributed by atoms with Gasteiger partial charge in [0.2, 0.25) is 0 Å². The van der Waals surface area contributed by atoms with E-state index in [1.54, 1.807) is 6.07 Å². The van der Waals surface area contributed by atoms with Crippen LogP contribution in [0.3, 0.4) is 0 Å². The lowest BCUT2D eigenvalue weighted by Gasteiger charge is -1.96. The molecular formula is C8H8FN. The van der Waals surface area contributed by atoms with Crippen molar-refractivity contribution < 1.29 is 4.39 Å². The van der Waals surface area contributed by atoms with E-state index >= 15 is 0 Å². The van der Waals surface area contributed by atoms with E-state index in [0.29, 0.717) is 5.69 Å². The summed E-state index contributed by atoms with van der Waals surface area (Å²) in [7, 11) is 0. The maximum Gasteiger partial charge on any atom is 0.125 e. The minimum absolute atomic E-state index is 0.270. The highest BCUT2D eigenvalue weighted by Crippen LogP contribution is 2.17. The molecule has 0 aliphatic carbocycles. The van der Waals surface area contributed by atoms with Gasteiger partial charge in [0.1, 0.15) is 5.82 Å². The number of aryl methyl sites for hydroxylation is 1. The summed E-state index contributed by atoms with van der Waals surface area (Å²) in [4.78, 5) is 3.64. The third-order valence-electron chi connectivity index (χ3n) is 1.34. The van der Waals surface area contributed by atoms with Crippen molar-refractivity contribution in [3.63, 3.8) is 0 Å². The van der Waals surface area contributed by atoms with E-state index in [0.717, 1.165) is 5.56 Å². The molecule has 0 fully saturated rings. The van der Waals surface area contributed by atoms with E-state index in [4.69, 9.17) is 0 Å². The van der Waals surface area contributed by atoms with Crippen molar-refractivity contribution >= 4 is 12.4 Å². The maximum absolute atomic E-state index is 12.4. The molecule has 1 aromatic carbocycles. The molecule has 2 heteroatoms. The predicted octanol–water partition coefficient (Wildman–Crippen LogP) is 2.47. The summed E-state index contributed by atoms with van der Waals surface area (Å²) in [5, 5.41) is 0. The van der Waals surface area contributed by atoms with Crippen molar-refractivity contribution in [3.8, 4) is 0 Å². The summed E-state index contributed by atoms with van der Waals surface area (Å²) >= 11 is 0. The van der Waals surface area contributed by atoms with E-state index < -0.39 is 0 Å². The molecule has 0 bridgehead atoms. The average Bonchev–Trinajstić information content (AvgIpc) is 1.94. The first-order valence-electron chi connectivity index (χ1n) is 2.97. The molecule has 0 saturated heterocycles. The van der Waals surface area contributed by atoms with Crippen LogP contribution in [-0.4, -0.2) is 6.72 Å². The van der Waals surface area contributed by atoms with E-state index in [9.17, 15) is 4.39 Å². The maximum atomic E-state index is 12.4. The Morgan fingerprint density at radius 1 is 1.50 bits per heavy atom. The Morgan fingerprint density at radius 2 is 2.20 bits per heavy atom. The molecule has 0 aliphatic heterocycles. The van der Waals surface area contributed by atoms with Gasteiger partial charge in [0.25, 0.3) is 0 Å². The number of rotatable bonds is 1. The lowest BCUT2D eigenvalue weighted by Crippen LogP contribution is -1.76. The minimum Gasteiger partial charge on any atom is -0.264 e. The molecule has 0 aromatic heterocycles. The van der Waals surface area contributed by atoms with Gasteiger partial charge in [-0.3, -0.25) is 4.99 Å². The molecule has 52 valence electrons. The Balaban J connectivity index is 3.21. The Hall–Kier alpha value is -1.18. The van der Waals surface area contributed by atoms with Gasteiger partial charge in [0, 0.05) is 0 Å². The highest BCUT2D eigenvalue weighted by molar-refractivity contribution is 5.50. The normalized spacial score (nSPS) is 9.40. The Bertz CT molecular complexity index is 255. The van der Waals surface area contributed by atoms with Crippen LogP contribution in [0.15, 0.2) is 23.2 Å². The Labute approximate surface area is 59.2 Å². The van der Waals surface area contributed by atoms with Crippen molar-refractivity contribution in [2.75, 3.05) is 0 Å². The fourth-order valence-corrected chi connectivity index (χ4v) is 0.753. The highest BCUT2D eigenvalue weighted by Gasteiger charge is 1.95.